The topological polar surface area (TPSA) is 69.6 Å². The van der Waals surface area contributed by atoms with Crippen molar-refractivity contribution in [3.05, 3.63) is 0 Å². The van der Waals surface area contributed by atoms with Crippen molar-refractivity contribution in [3.8, 4) is 0 Å². The summed E-state index contributed by atoms with van der Waals surface area (Å²) in [6, 6.07) is -0.190. The lowest BCUT2D eigenvalue weighted by Gasteiger charge is -2.18. The van der Waals surface area contributed by atoms with Crippen LogP contribution in [-0.4, -0.2) is 42.1 Å². The molecule has 1 aliphatic rings. The third kappa shape index (κ3) is 4.18. The van der Waals surface area contributed by atoms with Crippen LogP contribution in [0.2, 0.25) is 0 Å². The summed E-state index contributed by atoms with van der Waals surface area (Å²) < 4.78 is 0. The molecule has 0 spiro atoms. The van der Waals surface area contributed by atoms with Gasteiger partial charge in [0.15, 0.2) is 0 Å². The van der Waals surface area contributed by atoms with Gasteiger partial charge in [-0.05, 0) is 18.3 Å². The number of amides is 2. The maximum absolute atomic E-state index is 11.5. The van der Waals surface area contributed by atoms with E-state index in [1.165, 1.54) is 4.90 Å². The maximum atomic E-state index is 11.5. The van der Waals surface area contributed by atoms with Crippen LogP contribution in [0.5, 0.6) is 0 Å². The van der Waals surface area contributed by atoms with Crippen molar-refractivity contribution in [3.63, 3.8) is 0 Å². The standard InChI is InChI=1S/C10H18N2O3/c1-10(4-5-10)7-11-9(15)12(2)6-3-8(13)14/h3-7H2,1-2H3,(H,11,15)(H,13,14). The lowest BCUT2D eigenvalue weighted by atomic mass is 10.1. The molecule has 0 unspecified atom stereocenters. The number of nitrogens with one attached hydrogen (secondary N) is 1. The average molecular weight is 214 g/mol. The molecule has 0 radical (unpaired) electrons. The largest absolute Gasteiger partial charge is 0.481 e. The Balaban J connectivity index is 2.17. The number of carbonyl (C=O) groups excluding carboxylic acids is 1. The molecule has 15 heavy (non-hydrogen) atoms. The van der Waals surface area contributed by atoms with E-state index in [1.807, 2.05) is 0 Å². The Labute approximate surface area is 89.4 Å². The van der Waals surface area contributed by atoms with Crippen LogP contribution < -0.4 is 5.32 Å². The zero-order valence-corrected chi connectivity index (χ0v) is 9.25. The maximum Gasteiger partial charge on any atom is 0.317 e. The first kappa shape index (κ1) is 11.8. The number of carbonyl (C=O) groups is 2. The van der Waals surface area contributed by atoms with Crippen molar-refractivity contribution >= 4 is 12.0 Å². The van der Waals surface area contributed by atoms with E-state index in [4.69, 9.17) is 5.11 Å². The molecule has 0 aromatic rings. The van der Waals surface area contributed by atoms with Crippen LogP contribution in [0.15, 0.2) is 0 Å². The second-order valence-electron chi connectivity index (χ2n) is 4.53. The Morgan fingerprint density at radius 3 is 2.53 bits per heavy atom. The summed E-state index contributed by atoms with van der Waals surface area (Å²) in [7, 11) is 1.60. The summed E-state index contributed by atoms with van der Waals surface area (Å²) in [5, 5.41) is 11.3. The highest BCUT2D eigenvalue weighted by molar-refractivity contribution is 5.75. The molecular formula is C10H18N2O3. The van der Waals surface area contributed by atoms with Gasteiger partial charge in [0.2, 0.25) is 0 Å². The van der Waals surface area contributed by atoms with E-state index in [2.05, 4.69) is 12.2 Å². The molecule has 0 aromatic heterocycles. The predicted octanol–water partition coefficient (Wildman–Crippen LogP) is 0.903. The molecule has 0 aromatic carbocycles. The summed E-state index contributed by atoms with van der Waals surface area (Å²) >= 11 is 0. The fourth-order valence-corrected chi connectivity index (χ4v) is 1.18. The predicted molar refractivity (Wildman–Crippen MR) is 55.6 cm³/mol. The van der Waals surface area contributed by atoms with Gasteiger partial charge in [-0.25, -0.2) is 4.79 Å². The molecule has 1 fully saturated rings. The fourth-order valence-electron chi connectivity index (χ4n) is 1.18. The highest BCUT2D eigenvalue weighted by atomic mass is 16.4. The van der Waals surface area contributed by atoms with Gasteiger partial charge in [-0.3, -0.25) is 4.79 Å². The number of nitrogens with zero attached hydrogens (tertiary/aromatic N) is 1. The number of aliphatic carboxylic acids is 1. The van der Waals surface area contributed by atoms with Gasteiger partial charge in [-0.1, -0.05) is 6.92 Å². The first-order valence-electron chi connectivity index (χ1n) is 5.14. The van der Waals surface area contributed by atoms with Crippen molar-refractivity contribution in [1.29, 1.82) is 0 Å². The van der Waals surface area contributed by atoms with E-state index in [-0.39, 0.29) is 24.4 Å². The lowest BCUT2D eigenvalue weighted by Crippen LogP contribution is -2.40. The van der Waals surface area contributed by atoms with Gasteiger partial charge in [0.1, 0.15) is 0 Å². The van der Waals surface area contributed by atoms with Crippen LogP contribution in [0.4, 0.5) is 4.79 Å². The van der Waals surface area contributed by atoms with Crippen LogP contribution in [0.25, 0.3) is 0 Å². The second-order valence-corrected chi connectivity index (χ2v) is 4.53. The van der Waals surface area contributed by atoms with Crippen LogP contribution in [0.1, 0.15) is 26.2 Å². The molecule has 0 atom stereocenters. The summed E-state index contributed by atoms with van der Waals surface area (Å²) in [6.45, 7) is 3.06. The fraction of sp³-hybridized carbons (Fsp3) is 0.800. The summed E-state index contributed by atoms with van der Waals surface area (Å²) in [5.41, 5.74) is 0.281. The van der Waals surface area contributed by atoms with Crippen LogP contribution in [-0.2, 0) is 4.79 Å². The van der Waals surface area contributed by atoms with Crippen molar-refractivity contribution < 1.29 is 14.7 Å². The molecule has 5 heteroatoms. The molecule has 5 nitrogen and oxygen atoms in total. The van der Waals surface area contributed by atoms with Crippen LogP contribution in [0.3, 0.4) is 0 Å². The van der Waals surface area contributed by atoms with Gasteiger partial charge in [0, 0.05) is 20.1 Å². The molecule has 1 saturated carbocycles. The van der Waals surface area contributed by atoms with Gasteiger partial charge < -0.3 is 15.3 Å². The van der Waals surface area contributed by atoms with Gasteiger partial charge in [0.25, 0.3) is 0 Å². The third-order valence-electron chi connectivity index (χ3n) is 2.78. The number of carboxylic acids is 1. The van der Waals surface area contributed by atoms with Gasteiger partial charge >= 0.3 is 12.0 Å². The van der Waals surface area contributed by atoms with E-state index >= 15 is 0 Å². The Hall–Kier alpha value is -1.26. The van der Waals surface area contributed by atoms with Crippen LogP contribution in [0, 0.1) is 5.41 Å². The number of hydrogen-bond acceptors (Lipinski definition) is 2. The molecule has 2 amide bonds. The highest BCUT2D eigenvalue weighted by Gasteiger charge is 2.37. The third-order valence-corrected chi connectivity index (χ3v) is 2.78. The molecule has 0 bridgehead atoms. The zero-order valence-electron chi connectivity index (χ0n) is 9.25. The zero-order chi connectivity index (χ0) is 11.5. The molecule has 0 aliphatic heterocycles. The Bertz CT molecular complexity index is 261. The summed E-state index contributed by atoms with van der Waals surface area (Å²) in [6.07, 6.45) is 2.30. The molecule has 86 valence electrons. The van der Waals surface area contributed by atoms with Crippen molar-refractivity contribution in [2.24, 2.45) is 5.41 Å². The summed E-state index contributed by atoms with van der Waals surface area (Å²) in [5.74, 6) is -0.885. The Kier molecular flexibility index (Phi) is 3.55. The van der Waals surface area contributed by atoms with Gasteiger partial charge in [0.05, 0.1) is 6.42 Å². The first-order chi connectivity index (χ1) is 6.93. The second kappa shape index (κ2) is 4.51. The quantitative estimate of drug-likeness (QED) is 0.714. The van der Waals surface area contributed by atoms with E-state index in [0.29, 0.717) is 6.54 Å². The van der Waals surface area contributed by atoms with Crippen molar-refractivity contribution in [1.82, 2.24) is 10.2 Å². The molecular weight excluding hydrogens is 196 g/mol. The van der Waals surface area contributed by atoms with E-state index in [0.717, 1.165) is 12.8 Å². The minimum atomic E-state index is -0.885. The normalized spacial score (nSPS) is 16.9. The van der Waals surface area contributed by atoms with Gasteiger partial charge in [-0.15, -0.1) is 0 Å². The number of rotatable bonds is 5. The monoisotopic (exact) mass is 214 g/mol. The summed E-state index contributed by atoms with van der Waals surface area (Å²) in [4.78, 5) is 23.1. The van der Waals surface area contributed by atoms with Crippen LogP contribution >= 0.6 is 0 Å². The Morgan fingerprint density at radius 2 is 2.07 bits per heavy atom. The van der Waals surface area contributed by atoms with Crippen molar-refractivity contribution in [2.75, 3.05) is 20.1 Å². The minimum Gasteiger partial charge on any atom is -0.481 e. The minimum absolute atomic E-state index is 0.0127. The lowest BCUT2D eigenvalue weighted by molar-refractivity contribution is -0.137. The highest BCUT2D eigenvalue weighted by Crippen LogP contribution is 2.43. The van der Waals surface area contributed by atoms with Gasteiger partial charge in [-0.2, -0.15) is 0 Å². The molecule has 1 aliphatic carbocycles. The van der Waals surface area contributed by atoms with E-state index in [9.17, 15) is 9.59 Å². The first-order valence-corrected chi connectivity index (χ1v) is 5.14. The SMILES string of the molecule is CN(CCC(=O)O)C(=O)NCC1(C)CC1. The molecule has 2 N–H and O–H groups in total. The number of hydrogen-bond donors (Lipinski definition) is 2. The molecule has 0 saturated heterocycles. The van der Waals surface area contributed by atoms with E-state index in [1.54, 1.807) is 7.05 Å². The molecule has 0 heterocycles. The average Bonchev–Trinajstić information content (AvgIpc) is 2.90. The smallest absolute Gasteiger partial charge is 0.317 e. The Morgan fingerprint density at radius 1 is 1.47 bits per heavy atom. The number of urea groups is 1. The number of carboxylic acid groups (broad SMARTS) is 1. The molecule has 1 rings (SSSR count). The van der Waals surface area contributed by atoms with E-state index < -0.39 is 5.97 Å². The van der Waals surface area contributed by atoms with Crippen molar-refractivity contribution in [2.45, 2.75) is 26.2 Å².